The molecule has 5 aromatic rings. The number of halogens is 2. The van der Waals surface area contributed by atoms with Crippen molar-refractivity contribution in [1.82, 2.24) is 25.4 Å². The molecule has 3 N–H and O–H groups in total. The van der Waals surface area contributed by atoms with Gasteiger partial charge in [0.2, 0.25) is 11.8 Å². The first-order valence-electron chi connectivity index (χ1n) is 28.9. The van der Waals surface area contributed by atoms with Crippen LogP contribution in [0.25, 0.3) is 22.3 Å². The van der Waals surface area contributed by atoms with E-state index in [9.17, 15) is 23.6 Å². The number of thioether (sulfide) groups is 1. The van der Waals surface area contributed by atoms with Gasteiger partial charge in [-0.25, -0.2) is 23.2 Å². The normalized spacial score (nSPS) is 13.1. The van der Waals surface area contributed by atoms with Gasteiger partial charge in [0, 0.05) is 67.3 Å². The van der Waals surface area contributed by atoms with Crippen LogP contribution in [0.2, 0.25) is 0 Å². The Balaban J connectivity index is 1.08. The molecule has 0 aliphatic heterocycles. The van der Waals surface area contributed by atoms with E-state index in [1.165, 1.54) is 0 Å². The summed E-state index contributed by atoms with van der Waals surface area (Å²) in [6.07, 6.45) is 0.926. The smallest absolute Gasteiger partial charge is 0.407 e. The quantitative estimate of drug-likeness (QED) is 0.0209. The number of benzene rings is 4. The predicted molar refractivity (Wildman–Crippen MR) is 324 cm³/mol. The minimum atomic E-state index is -1.12. The van der Waals surface area contributed by atoms with Crippen molar-refractivity contribution in [1.29, 1.82) is 0 Å². The van der Waals surface area contributed by atoms with E-state index in [1.807, 2.05) is 79.9 Å². The Morgan fingerprint density at radius 3 is 1.84 bits per heavy atom. The number of aromatic nitrogens is 1. The average molecular weight is 1200 g/mol. The topological polar surface area (TPSA) is 194 Å². The summed E-state index contributed by atoms with van der Waals surface area (Å²) >= 11 is 1.16. The van der Waals surface area contributed by atoms with Gasteiger partial charge in [0.05, 0.1) is 64.6 Å². The van der Waals surface area contributed by atoms with Gasteiger partial charge in [0.25, 0.3) is 0 Å². The minimum Gasteiger partial charge on any atom is -0.458 e. The van der Waals surface area contributed by atoms with E-state index in [0.29, 0.717) is 63.8 Å². The van der Waals surface area contributed by atoms with Crippen molar-refractivity contribution < 1.29 is 65.9 Å². The van der Waals surface area contributed by atoms with E-state index >= 15 is 9.18 Å². The fourth-order valence-electron chi connectivity index (χ4n) is 9.72. The lowest BCUT2D eigenvalue weighted by atomic mass is 9.83. The second kappa shape index (κ2) is 32.6. The highest BCUT2D eigenvalue weighted by Crippen LogP contribution is 2.45. The molecule has 85 heavy (non-hydrogen) atoms. The zero-order valence-corrected chi connectivity index (χ0v) is 51.4. The standard InChI is InChI=1S/C65H85F2N5O12S/c1-63(2,3)59(56-38-46(52-39-47(66)24-25-54(52)67)41-71(56)40-45-18-11-10-12-19-45)72(29-17-27-68-61(76)82-42-53-50-22-15-13-20-48(50)49-21-14-16-23-51(49)53)58(74)44-85-43-55(60(75)83-64(4,5)6)70-57(73)26-30-78-32-34-80-36-37-81-35-33-79-31-28-69-62(77)84-65(7,8)9/h10-16,18-25,38-39,41,53,55,59H,17,26-37,40,42-44H2,1-9H3,(H,68,76)(H,69,77)(H,70,73). The Kier molecular flexibility index (Phi) is 25.8. The van der Waals surface area contributed by atoms with Crippen LogP contribution in [0.15, 0.2) is 109 Å². The second-order valence-corrected chi connectivity index (χ2v) is 24.7. The number of carbonyl (C=O) groups is 5. The Bertz CT molecular complexity index is 2910. The largest absolute Gasteiger partial charge is 0.458 e. The summed E-state index contributed by atoms with van der Waals surface area (Å²) in [4.78, 5) is 68.9. The van der Waals surface area contributed by atoms with Crippen molar-refractivity contribution >= 4 is 41.7 Å². The highest BCUT2D eigenvalue weighted by atomic mass is 32.2. The van der Waals surface area contributed by atoms with E-state index in [1.54, 1.807) is 58.7 Å². The third-order valence-corrected chi connectivity index (χ3v) is 14.3. The van der Waals surface area contributed by atoms with Crippen molar-refractivity contribution in [3.05, 3.63) is 143 Å². The first-order chi connectivity index (χ1) is 40.5. The third-order valence-electron chi connectivity index (χ3n) is 13.3. The van der Waals surface area contributed by atoms with Crippen LogP contribution in [-0.2, 0) is 54.1 Å². The van der Waals surface area contributed by atoms with Crippen molar-refractivity contribution in [3.63, 3.8) is 0 Å². The molecule has 0 bridgehead atoms. The van der Waals surface area contributed by atoms with E-state index in [4.69, 9.17) is 33.2 Å². The van der Waals surface area contributed by atoms with Crippen LogP contribution in [0.3, 0.4) is 0 Å². The van der Waals surface area contributed by atoms with Gasteiger partial charge in [-0.2, -0.15) is 0 Å². The lowest BCUT2D eigenvalue weighted by Crippen LogP contribution is -2.47. The highest BCUT2D eigenvalue weighted by Gasteiger charge is 2.38. The van der Waals surface area contributed by atoms with E-state index in [0.717, 1.165) is 57.8 Å². The van der Waals surface area contributed by atoms with Gasteiger partial charge in [-0.1, -0.05) is 99.6 Å². The first-order valence-corrected chi connectivity index (χ1v) is 30.1. The molecule has 6 rings (SSSR count). The monoisotopic (exact) mass is 1200 g/mol. The molecule has 0 fully saturated rings. The Morgan fingerprint density at radius 1 is 0.647 bits per heavy atom. The average Bonchev–Trinajstić information content (AvgIpc) is 1.93. The molecule has 4 aromatic carbocycles. The molecule has 0 saturated carbocycles. The summed E-state index contributed by atoms with van der Waals surface area (Å²) in [6.45, 7) is 19.8. The van der Waals surface area contributed by atoms with Crippen LogP contribution >= 0.6 is 11.8 Å². The molecular formula is C65H85F2N5O12S. The van der Waals surface area contributed by atoms with Crippen molar-refractivity contribution in [2.24, 2.45) is 5.41 Å². The Labute approximate surface area is 503 Å². The van der Waals surface area contributed by atoms with Crippen molar-refractivity contribution in [2.45, 2.75) is 111 Å². The molecule has 2 atom stereocenters. The van der Waals surface area contributed by atoms with Gasteiger partial charge >= 0.3 is 18.2 Å². The number of amides is 4. The molecule has 1 heterocycles. The van der Waals surface area contributed by atoms with Gasteiger partial charge < -0.3 is 58.6 Å². The zero-order valence-electron chi connectivity index (χ0n) is 50.6. The maximum atomic E-state index is 15.6. The van der Waals surface area contributed by atoms with Gasteiger partial charge in [-0.05, 0) is 105 Å². The number of hydrogen-bond donors (Lipinski definition) is 3. The molecule has 2 unspecified atom stereocenters. The van der Waals surface area contributed by atoms with E-state index < -0.39 is 64.4 Å². The molecule has 462 valence electrons. The molecule has 0 saturated heterocycles. The molecule has 1 aliphatic rings. The van der Waals surface area contributed by atoms with Crippen LogP contribution in [0.5, 0.6) is 0 Å². The summed E-state index contributed by atoms with van der Waals surface area (Å²) < 4.78 is 71.3. The molecule has 1 aliphatic carbocycles. The molecule has 4 amide bonds. The molecular weight excluding hydrogens is 1110 g/mol. The lowest BCUT2D eigenvalue weighted by Gasteiger charge is -2.41. The number of esters is 1. The number of nitrogens with one attached hydrogen (secondary N) is 3. The number of rotatable bonds is 32. The van der Waals surface area contributed by atoms with E-state index in [-0.39, 0.29) is 74.8 Å². The van der Waals surface area contributed by atoms with E-state index in [2.05, 4.69) is 40.2 Å². The van der Waals surface area contributed by atoms with Crippen LogP contribution in [0.4, 0.5) is 18.4 Å². The third kappa shape index (κ3) is 22.2. The Hall–Kier alpha value is -6.84. The maximum absolute atomic E-state index is 15.6. The number of carbonyl (C=O) groups excluding carboxylic acids is 5. The number of ether oxygens (including phenoxy) is 7. The summed E-state index contributed by atoms with van der Waals surface area (Å²) in [5, 5.41) is 8.30. The molecule has 0 spiro atoms. The van der Waals surface area contributed by atoms with Crippen LogP contribution in [0.1, 0.15) is 109 Å². The Morgan fingerprint density at radius 2 is 1.22 bits per heavy atom. The van der Waals surface area contributed by atoms with Gasteiger partial charge in [0.15, 0.2) is 0 Å². The van der Waals surface area contributed by atoms with Gasteiger partial charge in [0.1, 0.15) is 35.5 Å². The van der Waals surface area contributed by atoms with Gasteiger partial charge in [-0.3, -0.25) is 9.59 Å². The molecule has 20 heteroatoms. The molecule has 17 nitrogen and oxygen atoms in total. The fraction of sp³-hybridized carbons (Fsp3) is 0.492. The minimum absolute atomic E-state index is 0.00859. The number of hydrogen-bond acceptors (Lipinski definition) is 13. The highest BCUT2D eigenvalue weighted by molar-refractivity contribution is 8.00. The fourth-order valence-corrected chi connectivity index (χ4v) is 10.6. The maximum Gasteiger partial charge on any atom is 0.407 e. The van der Waals surface area contributed by atoms with Crippen LogP contribution in [0, 0.1) is 17.0 Å². The number of fused-ring (bicyclic) bond motifs is 3. The first kappa shape index (κ1) is 67.3. The molecule has 0 radical (unpaired) electrons. The summed E-state index contributed by atoms with van der Waals surface area (Å²) in [6, 6.07) is 29.2. The zero-order chi connectivity index (χ0) is 61.6. The predicted octanol–water partition coefficient (Wildman–Crippen LogP) is 10.9. The molecule has 1 aromatic heterocycles. The summed E-state index contributed by atoms with van der Waals surface area (Å²) in [5.41, 5.74) is 4.38. The number of alkyl carbamates (subject to hydrolysis) is 2. The summed E-state index contributed by atoms with van der Waals surface area (Å²) in [7, 11) is 0. The SMILES string of the molecule is CC(C)(C)OC(=O)NCCOCCOCCOCCOCCC(=O)NC(CSCC(=O)N(CCCNC(=O)OCC1c2ccccc2-c2ccccc21)C(c1cc(-c2cc(F)ccc2F)cn1Cc1ccccc1)C(C)(C)C)C(=O)OC(C)(C)C. The van der Waals surface area contributed by atoms with Crippen LogP contribution in [-0.4, -0.2) is 147 Å². The second-order valence-electron chi connectivity index (χ2n) is 23.6. The van der Waals surface area contributed by atoms with Gasteiger partial charge in [-0.15, -0.1) is 11.8 Å². The summed E-state index contributed by atoms with van der Waals surface area (Å²) in [5.74, 6) is -2.89. The van der Waals surface area contributed by atoms with Crippen LogP contribution < -0.4 is 16.0 Å². The number of nitrogens with zero attached hydrogens (tertiary/aromatic N) is 2. The van der Waals surface area contributed by atoms with Crippen molar-refractivity contribution in [2.75, 3.05) is 90.6 Å². The lowest BCUT2D eigenvalue weighted by molar-refractivity contribution is -0.158. The van der Waals surface area contributed by atoms with Crippen molar-refractivity contribution in [3.8, 4) is 22.3 Å².